The van der Waals surface area contributed by atoms with Gasteiger partial charge in [-0.15, -0.1) is 5.10 Å². The first-order valence-electron chi connectivity index (χ1n) is 5.11. The van der Waals surface area contributed by atoms with Crippen LogP contribution in [0.1, 0.15) is 17.8 Å². The van der Waals surface area contributed by atoms with Crippen LogP contribution in [0.3, 0.4) is 0 Å². The third-order valence-electron chi connectivity index (χ3n) is 2.20. The van der Waals surface area contributed by atoms with E-state index >= 15 is 0 Å². The van der Waals surface area contributed by atoms with Crippen LogP contribution in [-0.4, -0.2) is 45.6 Å². The molecule has 0 atom stereocenters. The minimum atomic E-state index is -4.54. The van der Waals surface area contributed by atoms with E-state index in [1.807, 2.05) is 19.0 Å². The zero-order chi connectivity index (χ0) is 13.1. The first-order chi connectivity index (χ1) is 7.86. The van der Waals surface area contributed by atoms with Crippen molar-refractivity contribution in [3.05, 3.63) is 11.4 Å². The zero-order valence-electron chi connectivity index (χ0n) is 9.70. The van der Waals surface area contributed by atoms with Gasteiger partial charge < -0.3 is 10.0 Å². The predicted molar refractivity (Wildman–Crippen MR) is 54.1 cm³/mol. The molecule has 1 rings (SSSR count). The largest absolute Gasteiger partial charge is 0.435 e. The van der Waals surface area contributed by atoms with E-state index in [2.05, 4.69) is 10.3 Å². The quantitative estimate of drug-likeness (QED) is 0.839. The number of hydrogen-bond acceptors (Lipinski definition) is 4. The van der Waals surface area contributed by atoms with Crippen molar-refractivity contribution in [2.75, 3.05) is 20.6 Å². The zero-order valence-corrected chi connectivity index (χ0v) is 9.70. The monoisotopic (exact) mass is 252 g/mol. The number of aliphatic hydroxyl groups excluding tert-OH is 1. The summed E-state index contributed by atoms with van der Waals surface area (Å²) in [6, 6.07) is 0. The number of aromatic nitrogens is 3. The molecule has 0 radical (unpaired) electrons. The van der Waals surface area contributed by atoms with Crippen LogP contribution in [0.4, 0.5) is 13.2 Å². The maximum absolute atomic E-state index is 12.7. The summed E-state index contributed by atoms with van der Waals surface area (Å²) in [5.74, 6) is 0. The second-order valence-electron chi connectivity index (χ2n) is 3.92. The lowest BCUT2D eigenvalue weighted by Gasteiger charge is -2.12. The Kier molecular flexibility index (Phi) is 4.47. The van der Waals surface area contributed by atoms with Crippen LogP contribution in [0.5, 0.6) is 0 Å². The summed E-state index contributed by atoms with van der Waals surface area (Å²) in [5.41, 5.74) is -1.39. The lowest BCUT2D eigenvalue weighted by atomic mass is 10.3. The molecule has 1 aromatic rings. The molecule has 17 heavy (non-hydrogen) atoms. The lowest BCUT2D eigenvalue weighted by Crippen LogP contribution is -2.20. The van der Waals surface area contributed by atoms with Gasteiger partial charge in [0.15, 0.2) is 5.69 Å². The van der Waals surface area contributed by atoms with Crippen LogP contribution >= 0.6 is 0 Å². The lowest BCUT2D eigenvalue weighted by molar-refractivity contribution is -0.145. The summed E-state index contributed by atoms with van der Waals surface area (Å²) in [4.78, 5) is 1.87. The fourth-order valence-electron chi connectivity index (χ4n) is 1.46. The molecule has 0 aromatic carbocycles. The van der Waals surface area contributed by atoms with Crippen LogP contribution in [0.15, 0.2) is 0 Å². The topological polar surface area (TPSA) is 54.2 Å². The molecule has 98 valence electrons. The summed E-state index contributed by atoms with van der Waals surface area (Å²) in [5, 5.41) is 15.5. The van der Waals surface area contributed by atoms with Crippen molar-refractivity contribution >= 4 is 0 Å². The number of halogens is 3. The number of rotatable bonds is 5. The van der Waals surface area contributed by atoms with Gasteiger partial charge in [0.05, 0.1) is 6.61 Å². The molecule has 1 N–H and O–H groups in total. The van der Waals surface area contributed by atoms with Gasteiger partial charge >= 0.3 is 6.18 Å². The number of aryl methyl sites for hydroxylation is 1. The average molecular weight is 252 g/mol. The molecule has 0 aliphatic heterocycles. The van der Waals surface area contributed by atoms with Gasteiger partial charge in [-0.25, -0.2) is 4.68 Å². The van der Waals surface area contributed by atoms with E-state index in [-0.39, 0.29) is 6.54 Å². The number of aliphatic hydroxyl groups is 1. The molecule has 0 saturated carbocycles. The highest BCUT2D eigenvalue weighted by atomic mass is 19.4. The van der Waals surface area contributed by atoms with Gasteiger partial charge in [0.1, 0.15) is 5.69 Å². The second-order valence-corrected chi connectivity index (χ2v) is 3.92. The smallest absolute Gasteiger partial charge is 0.390 e. The van der Waals surface area contributed by atoms with E-state index in [9.17, 15) is 13.2 Å². The molecule has 1 aromatic heterocycles. The molecule has 0 aliphatic rings. The van der Waals surface area contributed by atoms with E-state index < -0.39 is 24.2 Å². The van der Waals surface area contributed by atoms with Gasteiger partial charge in [-0.05, 0) is 27.1 Å². The maximum atomic E-state index is 12.7. The van der Waals surface area contributed by atoms with E-state index in [0.717, 1.165) is 4.68 Å². The van der Waals surface area contributed by atoms with Crippen LogP contribution in [0.25, 0.3) is 0 Å². The Morgan fingerprint density at radius 1 is 1.35 bits per heavy atom. The Bertz CT molecular complexity index is 362. The molecule has 0 bridgehead atoms. The molecule has 1 heterocycles. The van der Waals surface area contributed by atoms with Gasteiger partial charge in [0, 0.05) is 6.54 Å². The highest BCUT2D eigenvalue weighted by molar-refractivity contribution is 5.12. The molecule has 5 nitrogen and oxygen atoms in total. The Labute approximate surface area is 96.8 Å². The number of alkyl halides is 3. The minimum Gasteiger partial charge on any atom is -0.390 e. The van der Waals surface area contributed by atoms with E-state index in [1.165, 1.54) is 0 Å². The molecule has 0 spiro atoms. The van der Waals surface area contributed by atoms with Gasteiger partial charge in [-0.2, -0.15) is 13.2 Å². The van der Waals surface area contributed by atoms with Crippen molar-refractivity contribution in [2.45, 2.75) is 25.7 Å². The van der Waals surface area contributed by atoms with Crippen molar-refractivity contribution in [1.82, 2.24) is 19.9 Å². The standard InChI is InChI=1S/C9H15F3N4O/c1-15(2)4-3-5-16-8(9(10,11)12)7(6-17)13-14-16/h17H,3-6H2,1-2H3. The summed E-state index contributed by atoms with van der Waals surface area (Å²) >= 11 is 0. The van der Waals surface area contributed by atoms with E-state index in [0.29, 0.717) is 13.0 Å². The van der Waals surface area contributed by atoms with Crippen molar-refractivity contribution in [1.29, 1.82) is 0 Å². The van der Waals surface area contributed by atoms with Crippen LogP contribution in [0, 0.1) is 0 Å². The average Bonchev–Trinajstić information content (AvgIpc) is 2.59. The summed E-state index contributed by atoms with van der Waals surface area (Å²) in [6.45, 7) is 0.0220. The van der Waals surface area contributed by atoms with Gasteiger partial charge in [-0.3, -0.25) is 0 Å². The Morgan fingerprint density at radius 2 is 2.00 bits per heavy atom. The first-order valence-corrected chi connectivity index (χ1v) is 5.11. The summed E-state index contributed by atoms with van der Waals surface area (Å²) < 4.78 is 38.9. The maximum Gasteiger partial charge on any atom is 0.435 e. The molecular weight excluding hydrogens is 237 g/mol. The van der Waals surface area contributed by atoms with Crippen LogP contribution < -0.4 is 0 Å². The predicted octanol–water partition coefficient (Wildman–Crippen LogP) is 0.741. The Balaban J connectivity index is 2.82. The molecule has 0 saturated heterocycles. The fourth-order valence-corrected chi connectivity index (χ4v) is 1.46. The van der Waals surface area contributed by atoms with Crippen molar-refractivity contribution in [3.63, 3.8) is 0 Å². The third kappa shape index (κ3) is 3.67. The first kappa shape index (κ1) is 13.9. The molecule has 0 fully saturated rings. The van der Waals surface area contributed by atoms with E-state index in [1.54, 1.807) is 0 Å². The van der Waals surface area contributed by atoms with Crippen LogP contribution in [-0.2, 0) is 19.3 Å². The molecule has 8 heteroatoms. The molecule has 0 amide bonds. The third-order valence-corrected chi connectivity index (χ3v) is 2.20. The van der Waals surface area contributed by atoms with Crippen molar-refractivity contribution in [3.8, 4) is 0 Å². The van der Waals surface area contributed by atoms with Crippen molar-refractivity contribution in [2.24, 2.45) is 0 Å². The molecule has 0 aliphatic carbocycles. The normalized spacial score (nSPS) is 12.4. The number of hydrogen-bond donors (Lipinski definition) is 1. The van der Waals surface area contributed by atoms with Crippen molar-refractivity contribution < 1.29 is 18.3 Å². The SMILES string of the molecule is CN(C)CCCn1nnc(CO)c1C(F)(F)F. The van der Waals surface area contributed by atoms with Gasteiger partial charge in [0.25, 0.3) is 0 Å². The summed E-state index contributed by atoms with van der Waals surface area (Å²) in [7, 11) is 3.68. The van der Waals surface area contributed by atoms with Crippen LogP contribution in [0.2, 0.25) is 0 Å². The summed E-state index contributed by atoms with van der Waals surface area (Å²) in [6.07, 6.45) is -4.01. The van der Waals surface area contributed by atoms with E-state index in [4.69, 9.17) is 5.11 Å². The highest BCUT2D eigenvalue weighted by Gasteiger charge is 2.38. The highest BCUT2D eigenvalue weighted by Crippen LogP contribution is 2.31. The molecule has 0 unspecified atom stereocenters. The minimum absolute atomic E-state index is 0.125. The fraction of sp³-hybridized carbons (Fsp3) is 0.778. The second kappa shape index (κ2) is 5.46. The Morgan fingerprint density at radius 3 is 2.47 bits per heavy atom. The van der Waals surface area contributed by atoms with Gasteiger partial charge in [-0.1, -0.05) is 5.21 Å². The molecular formula is C9H15F3N4O. The Hall–Kier alpha value is -1.15. The van der Waals surface area contributed by atoms with Gasteiger partial charge in [0.2, 0.25) is 0 Å². The number of nitrogens with zero attached hydrogens (tertiary/aromatic N) is 4.